The van der Waals surface area contributed by atoms with Crippen LogP contribution in [0.2, 0.25) is 0 Å². The third kappa shape index (κ3) is 4.58. The molecule has 1 aromatic heterocycles. The number of hydrogen-bond donors (Lipinski definition) is 0. The van der Waals surface area contributed by atoms with Gasteiger partial charge in [-0.3, -0.25) is 4.79 Å². The molecule has 0 bridgehead atoms. The van der Waals surface area contributed by atoms with Gasteiger partial charge in [-0.25, -0.2) is 4.98 Å². The summed E-state index contributed by atoms with van der Waals surface area (Å²) in [5, 5.41) is 0.827. The average Bonchev–Trinajstić information content (AvgIpc) is 2.87. The summed E-state index contributed by atoms with van der Waals surface area (Å²) in [5.41, 5.74) is 0. The number of carbonyl (C=O) groups excluding carboxylic acids is 1. The van der Waals surface area contributed by atoms with E-state index in [-0.39, 0.29) is 5.97 Å². The quantitative estimate of drug-likeness (QED) is 0.661. The average molecular weight is 273 g/mol. The zero-order valence-electron chi connectivity index (χ0n) is 11.0. The molecule has 0 amide bonds. The van der Waals surface area contributed by atoms with E-state index in [2.05, 4.69) is 14.1 Å². The van der Waals surface area contributed by atoms with E-state index >= 15 is 0 Å². The van der Waals surface area contributed by atoms with Gasteiger partial charge in [-0.05, 0) is 0 Å². The van der Waals surface area contributed by atoms with Crippen LogP contribution >= 0.6 is 11.5 Å². The Morgan fingerprint density at radius 2 is 2.17 bits per heavy atom. The first kappa shape index (κ1) is 14.8. The van der Waals surface area contributed by atoms with E-state index < -0.39 is 0 Å². The number of anilines is 1. The molecule has 0 aliphatic heterocycles. The van der Waals surface area contributed by atoms with Crippen molar-refractivity contribution in [2.75, 3.05) is 38.8 Å². The summed E-state index contributed by atoms with van der Waals surface area (Å²) < 4.78 is 13.9. The second-order valence-electron chi connectivity index (χ2n) is 3.65. The minimum Gasteiger partial charge on any atom is -0.469 e. The number of carbonyl (C=O) groups is 1. The van der Waals surface area contributed by atoms with E-state index in [9.17, 15) is 4.79 Å². The van der Waals surface area contributed by atoms with Crippen LogP contribution in [0.1, 0.15) is 19.2 Å². The van der Waals surface area contributed by atoms with Gasteiger partial charge in [-0.1, -0.05) is 6.92 Å². The molecular formula is C11H19N3O3S. The second-order valence-corrected chi connectivity index (χ2v) is 4.38. The number of hydrogen-bond acceptors (Lipinski definition) is 7. The number of ether oxygens (including phenoxy) is 2. The van der Waals surface area contributed by atoms with Crippen molar-refractivity contribution < 1.29 is 14.3 Å². The molecule has 1 rings (SSSR count). The molecule has 0 aliphatic rings. The van der Waals surface area contributed by atoms with Crippen LogP contribution in [-0.2, 0) is 20.7 Å². The number of aryl methyl sites for hydroxylation is 1. The van der Waals surface area contributed by atoms with Gasteiger partial charge in [0, 0.05) is 38.2 Å². The summed E-state index contributed by atoms with van der Waals surface area (Å²) in [5.74, 6) is 0.605. The monoisotopic (exact) mass is 273 g/mol. The predicted molar refractivity (Wildman–Crippen MR) is 70.0 cm³/mol. The molecule has 6 nitrogen and oxygen atoms in total. The molecule has 0 radical (unpaired) electrons. The van der Waals surface area contributed by atoms with Gasteiger partial charge in [0.05, 0.1) is 20.1 Å². The maximum atomic E-state index is 11.2. The fourth-order valence-electron chi connectivity index (χ4n) is 1.35. The van der Waals surface area contributed by atoms with Crippen LogP contribution in [-0.4, -0.2) is 49.2 Å². The van der Waals surface area contributed by atoms with Gasteiger partial charge < -0.3 is 14.4 Å². The van der Waals surface area contributed by atoms with E-state index in [0.29, 0.717) is 26.1 Å². The van der Waals surface area contributed by atoms with Crippen LogP contribution in [0.3, 0.4) is 0 Å². The molecule has 0 unspecified atom stereocenters. The first-order valence-corrected chi connectivity index (χ1v) is 6.61. The number of rotatable bonds is 8. The van der Waals surface area contributed by atoms with Crippen molar-refractivity contribution in [1.82, 2.24) is 9.36 Å². The Morgan fingerprint density at radius 1 is 1.39 bits per heavy atom. The highest BCUT2D eigenvalue weighted by atomic mass is 32.1. The summed E-state index contributed by atoms with van der Waals surface area (Å²) in [7, 11) is 3.04. The van der Waals surface area contributed by atoms with Gasteiger partial charge in [0.15, 0.2) is 0 Å². The molecule has 0 N–H and O–H groups in total. The summed E-state index contributed by atoms with van der Waals surface area (Å²) in [4.78, 5) is 17.6. The van der Waals surface area contributed by atoms with E-state index in [1.165, 1.54) is 18.6 Å². The molecule has 18 heavy (non-hydrogen) atoms. The van der Waals surface area contributed by atoms with E-state index in [0.717, 1.165) is 17.4 Å². The number of aromatic nitrogens is 2. The SMILES string of the molecule is CCc1nsc(N(CCOC)CCC(=O)OC)n1. The Morgan fingerprint density at radius 3 is 2.72 bits per heavy atom. The first-order valence-electron chi connectivity index (χ1n) is 5.84. The van der Waals surface area contributed by atoms with E-state index in [1.54, 1.807) is 7.11 Å². The summed E-state index contributed by atoms with van der Waals surface area (Å²) in [6.45, 7) is 3.85. The highest BCUT2D eigenvalue weighted by molar-refractivity contribution is 7.09. The molecule has 0 saturated carbocycles. The molecule has 7 heteroatoms. The standard InChI is InChI=1S/C11H19N3O3S/c1-4-9-12-11(18-13-9)14(7-8-16-2)6-5-10(15)17-3/h4-8H2,1-3H3. The fraction of sp³-hybridized carbons (Fsp3) is 0.727. The van der Waals surface area contributed by atoms with Gasteiger partial charge >= 0.3 is 5.97 Å². The summed E-state index contributed by atoms with van der Waals surface area (Å²) in [6, 6.07) is 0. The van der Waals surface area contributed by atoms with Gasteiger partial charge in [0.2, 0.25) is 5.13 Å². The van der Waals surface area contributed by atoms with Crippen molar-refractivity contribution in [3.05, 3.63) is 5.82 Å². The molecule has 0 atom stereocenters. The topological polar surface area (TPSA) is 64.6 Å². The minimum absolute atomic E-state index is 0.224. The smallest absolute Gasteiger partial charge is 0.307 e. The first-order chi connectivity index (χ1) is 8.71. The van der Waals surface area contributed by atoms with Crippen LogP contribution < -0.4 is 4.90 Å². The number of nitrogens with zero attached hydrogens (tertiary/aromatic N) is 3. The molecule has 1 heterocycles. The van der Waals surface area contributed by atoms with Crippen molar-refractivity contribution in [3.63, 3.8) is 0 Å². The summed E-state index contributed by atoms with van der Waals surface area (Å²) in [6.07, 6.45) is 1.15. The lowest BCUT2D eigenvalue weighted by Gasteiger charge is -2.20. The molecular weight excluding hydrogens is 254 g/mol. The highest BCUT2D eigenvalue weighted by Crippen LogP contribution is 2.17. The highest BCUT2D eigenvalue weighted by Gasteiger charge is 2.13. The minimum atomic E-state index is -0.224. The maximum absolute atomic E-state index is 11.2. The zero-order valence-corrected chi connectivity index (χ0v) is 11.8. The molecule has 1 aromatic rings. The second kappa shape index (κ2) is 7.99. The largest absolute Gasteiger partial charge is 0.469 e. The van der Waals surface area contributed by atoms with Crippen molar-refractivity contribution in [2.24, 2.45) is 0 Å². The van der Waals surface area contributed by atoms with Crippen LogP contribution in [0.4, 0.5) is 5.13 Å². The van der Waals surface area contributed by atoms with Crippen LogP contribution in [0.15, 0.2) is 0 Å². The Hall–Kier alpha value is -1.21. The lowest BCUT2D eigenvalue weighted by molar-refractivity contribution is -0.140. The van der Waals surface area contributed by atoms with Crippen molar-refractivity contribution in [3.8, 4) is 0 Å². The normalized spacial score (nSPS) is 10.4. The predicted octanol–water partition coefficient (Wildman–Crippen LogP) is 1.12. The lowest BCUT2D eigenvalue weighted by Crippen LogP contribution is -2.29. The van der Waals surface area contributed by atoms with Crippen molar-refractivity contribution in [2.45, 2.75) is 19.8 Å². The van der Waals surface area contributed by atoms with E-state index in [1.807, 2.05) is 11.8 Å². The molecule has 102 valence electrons. The Bertz CT molecular complexity index is 370. The molecule has 0 aromatic carbocycles. The van der Waals surface area contributed by atoms with Gasteiger partial charge in [-0.2, -0.15) is 4.37 Å². The number of methoxy groups -OCH3 is 2. The van der Waals surface area contributed by atoms with Crippen LogP contribution in [0.5, 0.6) is 0 Å². The Balaban J connectivity index is 2.61. The Kier molecular flexibility index (Phi) is 6.59. The zero-order chi connectivity index (χ0) is 13.4. The molecule has 0 aliphatic carbocycles. The fourth-order valence-corrected chi connectivity index (χ4v) is 2.15. The van der Waals surface area contributed by atoms with Gasteiger partial charge in [-0.15, -0.1) is 0 Å². The Labute approximate surface area is 111 Å². The molecule has 0 spiro atoms. The van der Waals surface area contributed by atoms with Crippen LogP contribution in [0, 0.1) is 0 Å². The third-order valence-electron chi connectivity index (χ3n) is 2.42. The van der Waals surface area contributed by atoms with E-state index in [4.69, 9.17) is 4.74 Å². The molecule has 0 fully saturated rings. The third-order valence-corrected chi connectivity index (χ3v) is 3.24. The van der Waals surface area contributed by atoms with Gasteiger partial charge in [0.1, 0.15) is 5.82 Å². The summed E-state index contributed by atoms with van der Waals surface area (Å²) >= 11 is 1.35. The maximum Gasteiger partial charge on any atom is 0.307 e. The molecule has 0 saturated heterocycles. The lowest BCUT2D eigenvalue weighted by atomic mass is 10.4. The van der Waals surface area contributed by atoms with Crippen molar-refractivity contribution in [1.29, 1.82) is 0 Å². The number of esters is 1. The van der Waals surface area contributed by atoms with Gasteiger partial charge in [0.25, 0.3) is 0 Å². The van der Waals surface area contributed by atoms with Crippen LogP contribution in [0.25, 0.3) is 0 Å². The van der Waals surface area contributed by atoms with Crippen molar-refractivity contribution >= 4 is 22.6 Å².